The number of terminal acetylenes is 1. The van der Waals surface area contributed by atoms with Crippen LogP contribution in [0, 0.1) is 12.5 Å². The summed E-state index contributed by atoms with van der Waals surface area (Å²) in [5.41, 5.74) is 0.341. The molecule has 4 rings (SSSR count). The molecule has 2 aliphatic rings. The van der Waals surface area contributed by atoms with Crippen LogP contribution >= 0.6 is 0 Å². The maximum Gasteiger partial charge on any atom is 0.494 e. The molecule has 0 radical (unpaired) electrons. The summed E-state index contributed by atoms with van der Waals surface area (Å²) >= 11 is 0. The average molecular weight is 424 g/mol. The SMILES string of the molecule is C#COc1cc(B2OC(C)(C)C(C)(C)O2)ccc1N1CC(CCn2ccnn2)OC1=O. The number of cyclic esters (lactones) is 1. The van der Waals surface area contributed by atoms with Gasteiger partial charge in [-0.05, 0) is 45.3 Å². The van der Waals surface area contributed by atoms with E-state index in [1.807, 2.05) is 33.8 Å². The van der Waals surface area contributed by atoms with Crippen LogP contribution in [0.4, 0.5) is 10.5 Å². The maximum atomic E-state index is 12.5. The fraction of sp³-hybridized carbons (Fsp3) is 0.476. The molecule has 2 saturated heterocycles. The van der Waals surface area contributed by atoms with Crippen molar-refractivity contribution in [2.75, 3.05) is 11.4 Å². The van der Waals surface area contributed by atoms with Gasteiger partial charge in [-0.2, -0.15) is 0 Å². The Morgan fingerprint density at radius 3 is 2.68 bits per heavy atom. The van der Waals surface area contributed by atoms with E-state index in [0.717, 1.165) is 5.46 Å². The first-order valence-electron chi connectivity index (χ1n) is 10.1. The molecule has 0 saturated carbocycles. The van der Waals surface area contributed by atoms with Crippen molar-refractivity contribution < 1.29 is 23.6 Å². The smallest absolute Gasteiger partial charge is 0.444 e. The van der Waals surface area contributed by atoms with E-state index in [9.17, 15) is 4.79 Å². The van der Waals surface area contributed by atoms with E-state index >= 15 is 0 Å². The van der Waals surface area contributed by atoms with Gasteiger partial charge in [-0.15, -0.1) is 5.10 Å². The minimum Gasteiger partial charge on any atom is -0.444 e. The highest BCUT2D eigenvalue weighted by Gasteiger charge is 2.52. The number of aryl methyl sites for hydroxylation is 1. The molecule has 1 unspecified atom stereocenters. The van der Waals surface area contributed by atoms with Crippen molar-refractivity contribution in [1.29, 1.82) is 0 Å². The number of hydrogen-bond acceptors (Lipinski definition) is 7. The molecule has 1 aromatic heterocycles. The molecule has 9 nitrogen and oxygen atoms in total. The van der Waals surface area contributed by atoms with E-state index in [1.165, 1.54) is 4.90 Å². The van der Waals surface area contributed by atoms with Gasteiger partial charge in [-0.3, -0.25) is 9.58 Å². The molecule has 162 valence electrons. The van der Waals surface area contributed by atoms with Crippen LogP contribution in [0.2, 0.25) is 0 Å². The van der Waals surface area contributed by atoms with E-state index in [0.29, 0.717) is 30.9 Å². The molecule has 0 spiro atoms. The lowest BCUT2D eigenvalue weighted by Crippen LogP contribution is -2.41. The van der Waals surface area contributed by atoms with Gasteiger partial charge < -0.3 is 18.8 Å². The molecule has 2 fully saturated rings. The number of carbonyl (C=O) groups excluding carboxylic acids is 1. The molecule has 0 aliphatic carbocycles. The third-order valence-electron chi connectivity index (χ3n) is 6.00. The summed E-state index contributed by atoms with van der Waals surface area (Å²) in [7, 11) is -0.569. The number of carbonyl (C=O) groups is 1. The van der Waals surface area contributed by atoms with Gasteiger partial charge in [0, 0.05) is 19.2 Å². The number of amides is 1. The van der Waals surface area contributed by atoms with Crippen LogP contribution in [0.5, 0.6) is 5.75 Å². The van der Waals surface area contributed by atoms with Gasteiger partial charge in [0.05, 0.1) is 29.6 Å². The lowest BCUT2D eigenvalue weighted by molar-refractivity contribution is 0.00578. The monoisotopic (exact) mass is 424 g/mol. The Hall–Kier alpha value is -3.03. The highest BCUT2D eigenvalue weighted by Crippen LogP contribution is 2.38. The first kappa shape index (κ1) is 21.2. The zero-order valence-corrected chi connectivity index (χ0v) is 18.1. The molecule has 0 bridgehead atoms. The van der Waals surface area contributed by atoms with E-state index in [4.69, 9.17) is 25.2 Å². The van der Waals surface area contributed by atoms with E-state index in [2.05, 4.69) is 16.4 Å². The fourth-order valence-corrected chi connectivity index (χ4v) is 3.52. The molecule has 1 amide bonds. The number of ether oxygens (including phenoxy) is 2. The average Bonchev–Trinajstić information content (AvgIpc) is 3.39. The van der Waals surface area contributed by atoms with Gasteiger partial charge in [-0.1, -0.05) is 17.7 Å². The van der Waals surface area contributed by atoms with Gasteiger partial charge in [0.1, 0.15) is 12.2 Å². The Morgan fingerprint density at radius 1 is 1.29 bits per heavy atom. The molecule has 3 heterocycles. The largest absolute Gasteiger partial charge is 0.494 e. The molecule has 1 aromatic carbocycles. The van der Waals surface area contributed by atoms with Crippen LogP contribution in [0.25, 0.3) is 0 Å². The lowest BCUT2D eigenvalue weighted by atomic mass is 9.79. The van der Waals surface area contributed by atoms with Gasteiger partial charge in [0.15, 0.2) is 5.75 Å². The number of hydrogen-bond donors (Lipinski definition) is 0. The molecular formula is C21H25BN4O5. The molecule has 31 heavy (non-hydrogen) atoms. The minimum absolute atomic E-state index is 0.279. The Bertz CT molecular complexity index is 986. The Kier molecular flexibility index (Phi) is 5.41. The topological polar surface area (TPSA) is 87.9 Å². The first-order valence-corrected chi connectivity index (χ1v) is 10.1. The standard InChI is InChI=1S/C21H25BN4O5/c1-6-28-18-13-15(22-30-20(2,3)21(4,5)31-22)7-8-17(18)26-14-16(29-19(26)27)9-11-25-12-10-23-24-25/h1,7-8,10,12-13,16H,9,11,14H2,2-5H3. The first-order chi connectivity index (χ1) is 14.7. The van der Waals surface area contributed by atoms with E-state index < -0.39 is 24.4 Å². The van der Waals surface area contributed by atoms with E-state index in [-0.39, 0.29) is 6.10 Å². The van der Waals surface area contributed by atoms with Crippen molar-refractivity contribution >= 4 is 24.4 Å². The minimum atomic E-state index is -0.569. The summed E-state index contributed by atoms with van der Waals surface area (Å²) in [5, 5.41) is 7.70. The number of nitrogens with zero attached hydrogens (tertiary/aromatic N) is 4. The third-order valence-corrected chi connectivity index (χ3v) is 6.00. The quantitative estimate of drug-likeness (QED) is 0.518. The number of anilines is 1. The number of aromatic nitrogens is 3. The van der Waals surface area contributed by atoms with Gasteiger partial charge in [0.2, 0.25) is 0 Å². The predicted molar refractivity (Wildman–Crippen MR) is 114 cm³/mol. The van der Waals surface area contributed by atoms with E-state index in [1.54, 1.807) is 29.2 Å². The molecular weight excluding hydrogens is 399 g/mol. The van der Waals surface area contributed by atoms with Crippen molar-refractivity contribution in [3.63, 3.8) is 0 Å². The summed E-state index contributed by atoms with van der Waals surface area (Å²) in [6, 6.07) is 5.36. The third kappa shape index (κ3) is 4.11. The maximum absolute atomic E-state index is 12.5. The second-order valence-electron chi connectivity index (χ2n) is 8.61. The van der Waals surface area contributed by atoms with Crippen LogP contribution in [-0.2, 0) is 20.6 Å². The molecule has 1 atom stereocenters. The van der Waals surface area contributed by atoms with Crippen molar-refractivity contribution in [2.45, 2.75) is 58.0 Å². The van der Waals surface area contributed by atoms with Crippen LogP contribution in [0.3, 0.4) is 0 Å². The number of benzene rings is 1. The van der Waals surface area contributed by atoms with Gasteiger partial charge >= 0.3 is 13.2 Å². The summed E-state index contributed by atoms with van der Waals surface area (Å²) in [6.07, 6.45) is 10.8. The summed E-state index contributed by atoms with van der Waals surface area (Å²) in [4.78, 5) is 14.0. The molecule has 0 N–H and O–H groups in total. The van der Waals surface area contributed by atoms with Crippen LogP contribution < -0.4 is 15.1 Å². The van der Waals surface area contributed by atoms with Crippen molar-refractivity contribution in [3.05, 3.63) is 30.6 Å². The zero-order chi connectivity index (χ0) is 22.2. The second-order valence-corrected chi connectivity index (χ2v) is 8.61. The predicted octanol–water partition coefficient (Wildman–Crippen LogP) is 1.96. The van der Waals surface area contributed by atoms with Gasteiger partial charge in [-0.25, -0.2) is 4.79 Å². The zero-order valence-electron chi connectivity index (χ0n) is 18.1. The van der Waals surface area contributed by atoms with Crippen molar-refractivity contribution in [2.24, 2.45) is 0 Å². The van der Waals surface area contributed by atoms with Gasteiger partial charge in [0.25, 0.3) is 0 Å². The highest BCUT2D eigenvalue weighted by atomic mass is 16.7. The second kappa shape index (κ2) is 7.91. The normalized spacial score (nSPS) is 21.8. The molecule has 2 aromatic rings. The fourth-order valence-electron chi connectivity index (χ4n) is 3.52. The van der Waals surface area contributed by atoms with Crippen LogP contribution in [0.15, 0.2) is 30.6 Å². The highest BCUT2D eigenvalue weighted by molar-refractivity contribution is 6.62. The van der Waals surface area contributed by atoms with Crippen LogP contribution in [0.1, 0.15) is 34.1 Å². The number of rotatable bonds is 6. The summed E-state index contributed by atoms with van der Waals surface area (Å²) in [5.74, 6) is 0.364. The summed E-state index contributed by atoms with van der Waals surface area (Å²) < 4.78 is 24.8. The lowest BCUT2D eigenvalue weighted by Gasteiger charge is -2.32. The van der Waals surface area contributed by atoms with Crippen molar-refractivity contribution in [1.82, 2.24) is 15.0 Å². The Balaban J connectivity index is 1.52. The Morgan fingerprint density at radius 2 is 2.03 bits per heavy atom. The molecule has 2 aliphatic heterocycles. The summed E-state index contributed by atoms with van der Waals surface area (Å²) in [6.45, 7) is 8.92. The van der Waals surface area contributed by atoms with Crippen molar-refractivity contribution in [3.8, 4) is 18.3 Å². The Labute approximate surface area is 181 Å². The van der Waals surface area contributed by atoms with Crippen LogP contribution in [-0.4, -0.2) is 52.1 Å². The molecule has 10 heteroatoms.